The van der Waals surface area contributed by atoms with Gasteiger partial charge in [-0.1, -0.05) is 91.0 Å². The molecule has 30 heavy (non-hydrogen) atoms. The van der Waals surface area contributed by atoms with Crippen molar-refractivity contribution in [1.82, 2.24) is 0 Å². The molecule has 0 spiro atoms. The molecule has 0 heterocycles. The molecule has 0 aromatic heterocycles. The minimum Gasteiger partial charge on any atom is -0.733 e. The van der Waals surface area contributed by atoms with Gasteiger partial charge >= 0.3 is 0 Å². The van der Waals surface area contributed by atoms with E-state index in [-0.39, 0.29) is 16.7 Å². The number of nitrogens with zero attached hydrogens (tertiary/aromatic N) is 1. The highest BCUT2D eigenvalue weighted by Gasteiger charge is 2.26. The molecule has 0 saturated carbocycles. The van der Waals surface area contributed by atoms with Gasteiger partial charge in [0.15, 0.2) is 0 Å². The third-order valence-corrected chi connectivity index (χ3v) is 7.49. The molecule has 1 atom stereocenters. The summed E-state index contributed by atoms with van der Waals surface area (Å²) in [5, 5.41) is 26.6. The normalized spacial score (nSPS) is 11.8. The molecule has 4 aromatic carbocycles. The minimum absolute atomic E-state index is 0.0277. The molecule has 2 N–H and O–H groups in total. The standard InChI is InChI=1S/C25H22N2O2P/c28-27(29)22-18-16-20(17-19-22)25(26-21-10-4-1-5-11-21)30(23-12-6-2-7-13-23)24-14-8-3-9-15-24/h1-19,25-26,28H/q-1. The van der Waals surface area contributed by atoms with Crippen molar-refractivity contribution in [2.24, 2.45) is 0 Å². The number of benzene rings is 4. The van der Waals surface area contributed by atoms with Gasteiger partial charge in [-0.3, -0.25) is 5.21 Å². The van der Waals surface area contributed by atoms with Gasteiger partial charge in [-0.2, -0.15) is 0 Å². The molecule has 1 unspecified atom stereocenters. The smallest absolute Gasteiger partial charge is 0.0793 e. The van der Waals surface area contributed by atoms with Crippen LogP contribution < -0.4 is 21.2 Å². The van der Waals surface area contributed by atoms with Crippen LogP contribution in [0.4, 0.5) is 11.4 Å². The topological polar surface area (TPSA) is 58.6 Å². The fraction of sp³-hybridized carbons (Fsp3) is 0.0400. The minimum atomic E-state index is -0.805. The molecule has 4 nitrogen and oxygen atoms in total. The predicted octanol–water partition coefficient (Wildman–Crippen LogP) is 5.62. The summed E-state index contributed by atoms with van der Waals surface area (Å²) in [5.74, 6) is -0.0277. The Hall–Kier alpha value is -3.17. The number of hydrogen-bond acceptors (Lipinski definition) is 4. The van der Waals surface area contributed by atoms with Gasteiger partial charge in [-0.25, -0.2) is 0 Å². The van der Waals surface area contributed by atoms with E-state index < -0.39 is 7.92 Å². The lowest BCUT2D eigenvalue weighted by Gasteiger charge is -2.31. The number of rotatable bonds is 7. The van der Waals surface area contributed by atoms with E-state index in [4.69, 9.17) is 0 Å². The highest BCUT2D eigenvalue weighted by molar-refractivity contribution is 7.73. The van der Waals surface area contributed by atoms with Gasteiger partial charge in [-0.15, -0.1) is 0 Å². The van der Waals surface area contributed by atoms with Crippen molar-refractivity contribution in [3.05, 3.63) is 126 Å². The third kappa shape index (κ3) is 4.69. The highest BCUT2D eigenvalue weighted by atomic mass is 31.1. The van der Waals surface area contributed by atoms with Crippen LogP contribution >= 0.6 is 7.92 Å². The first-order valence-corrected chi connectivity index (χ1v) is 11.1. The van der Waals surface area contributed by atoms with Crippen LogP contribution in [0.25, 0.3) is 0 Å². The second-order valence-corrected chi connectivity index (χ2v) is 9.11. The molecule has 0 bridgehead atoms. The van der Waals surface area contributed by atoms with Crippen LogP contribution in [0.1, 0.15) is 11.3 Å². The Morgan fingerprint density at radius 2 is 1.13 bits per heavy atom. The van der Waals surface area contributed by atoms with Gasteiger partial charge in [0.1, 0.15) is 0 Å². The van der Waals surface area contributed by atoms with Crippen molar-refractivity contribution in [3.8, 4) is 0 Å². The fourth-order valence-electron chi connectivity index (χ4n) is 3.40. The molecule has 0 aliphatic carbocycles. The molecule has 0 saturated heterocycles. The fourth-order valence-corrected chi connectivity index (χ4v) is 6.03. The average molecular weight is 413 g/mol. The van der Waals surface area contributed by atoms with Gasteiger partial charge in [-0.05, 0) is 48.4 Å². The average Bonchev–Trinajstić information content (AvgIpc) is 2.81. The highest BCUT2D eigenvalue weighted by Crippen LogP contribution is 2.49. The molecule has 0 fully saturated rings. The van der Waals surface area contributed by atoms with E-state index in [1.165, 1.54) is 10.6 Å². The molecular weight excluding hydrogens is 391 g/mol. The monoisotopic (exact) mass is 413 g/mol. The molecule has 5 heteroatoms. The molecule has 4 aromatic rings. The lowest BCUT2D eigenvalue weighted by molar-refractivity contribution is 0.296. The zero-order valence-corrected chi connectivity index (χ0v) is 17.2. The first-order valence-electron chi connectivity index (χ1n) is 9.69. The van der Waals surface area contributed by atoms with Gasteiger partial charge in [0.05, 0.1) is 11.5 Å². The summed E-state index contributed by atoms with van der Waals surface area (Å²) in [5.41, 5.74) is 2.28. The zero-order chi connectivity index (χ0) is 20.8. The summed E-state index contributed by atoms with van der Waals surface area (Å²) in [6.45, 7) is 0. The van der Waals surface area contributed by atoms with Gasteiger partial charge in [0, 0.05) is 5.69 Å². The quantitative estimate of drug-likeness (QED) is 0.305. The number of nitrogens with one attached hydrogen (secondary N) is 1. The molecule has 0 amide bonds. The maximum Gasteiger partial charge on any atom is 0.0793 e. The Morgan fingerprint density at radius 1 is 0.667 bits per heavy atom. The van der Waals surface area contributed by atoms with Gasteiger partial charge in [0.25, 0.3) is 0 Å². The summed E-state index contributed by atoms with van der Waals surface area (Å²) in [4.78, 5) is 0. The van der Waals surface area contributed by atoms with Crippen LogP contribution in [-0.4, -0.2) is 5.21 Å². The largest absolute Gasteiger partial charge is 0.733 e. The Kier molecular flexibility index (Phi) is 6.41. The van der Waals surface area contributed by atoms with Crippen molar-refractivity contribution in [2.75, 3.05) is 10.5 Å². The maximum atomic E-state index is 11.3. The first-order chi connectivity index (χ1) is 14.7. The number of para-hydroxylation sites is 1. The van der Waals surface area contributed by atoms with E-state index >= 15 is 0 Å². The van der Waals surface area contributed by atoms with Crippen LogP contribution in [0, 0.1) is 5.21 Å². The summed E-state index contributed by atoms with van der Waals surface area (Å²) >= 11 is 0. The molecular formula is C25H22N2O2P-. The first kappa shape index (κ1) is 20.1. The summed E-state index contributed by atoms with van der Waals surface area (Å²) < 4.78 is 0. The van der Waals surface area contributed by atoms with Crippen molar-refractivity contribution in [3.63, 3.8) is 0 Å². The Morgan fingerprint density at radius 3 is 1.60 bits per heavy atom. The van der Waals surface area contributed by atoms with E-state index in [0.717, 1.165) is 11.3 Å². The maximum absolute atomic E-state index is 11.3. The van der Waals surface area contributed by atoms with Crippen LogP contribution in [0.3, 0.4) is 0 Å². The van der Waals surface area contributed by atoms with Crippen LogP contribution in [0.5, 0.6) is 0 Å². The molecule has 0 aliphatic rings. The summed E-state index contributed by atoms with van der Waals surface area (Å²) in [6, 6.07) is 38.2. The van der Waals surface area contributed by atoms with E-state index in [1.807, 2.05) is 42.5 Å². The zero-order valence-electron chi connectivity index (χ0n) is 16.3. The van der Waals surface area contributed by atoms with E-state index in [9.17, 15) is 10.4 Å². The predicted molar refractivity (Wildman–Crippen MR) is 126 cm³/mol. The molecule has 150 valence electrons. The van der Waals surface area contributed by atoms with Gasteiger partial charge in [0.2, 0.25) is 0 Å². The van der Waals surface area contributed by atoms with Gasteiger partial charge < -0.3 is 15.8 Å². The SMILES string of the molecule is [O-]N(O)c1ccc(C(Nc2ccccc2)P(c2ccccc2)c2ccccc2)cc1. The Bertz CT molecular complexity index is 1000. The lowest BCUT2D eigenvalue weighted by atomic mass is 10.2. The summed E-state index contributed by atoms with van der Waals surface area (Å²) in [6.07, 6.45) is 0. The number of hydrogen-bond donors (Lipinski definition) is 2. The van der Waals surface area contributed by atoms with E-state index in [0.29, 0.717) is 0 Å². The number of anilines is 2. The summed E-state index contributed by atoms with van der Waals surface area (Å²) in [7, 11) is -0.805. The second-order valence-electron chi connectivity index (χ2n) is 6.82. The molecule has 4 rings (SSSR count). The van der Waals surface area contributed by atoms with Crippen LogP contribution in [-0.2, 0) is 0 Å². The van der Waals surface area contributed by atoms with E-state index in [2.05, 4.69) is 66.0 Å². The van der Waals surface area contributed by atoms with Crippen molar-refractivity contribution < 1.29 is 5.21 Å². The van der Waals surface area contributed by atoms with Crippen LogP contribution in [0.15, 0.2) is 115 Å². The van der Waals surface area contributed by atoms with Crippen molar-refractivity contribution in [1.29, 1.82) is 0 Å². The van der Waals surface area contributed by atoms with Crippen LogP contribution in [0.2, 0.25) is 0 Å². The van der Waals surface area contributed by atoms with Crippen molar-refractivity contribution >= 4 is 29.9 Å². The Labute approximate surface area is 177 Å². The molecule has 0 aliphatic heterocycles. The third-order valence-electron chi connectivity index (χ3n) is 4.83. The second kappa shape index (κ2) is 9.55. The molecule has 0 radical (unpaired) electrons. The van der Waals surface area contributed by atoms with Crippen molar-refractivity contribution in [2.45, 2.75) is 5.78 Å². The van der Waals surface area contributed by atoms with E-state index in [1.54, 1.807) is 12.1 Å². The lowest BCUT2D eigenvalue weighted by Crippen LogP contribution is -2.22. The Balaban J connectivity index is 1.82.